The summed E-state index contributed by atoms with van der Waals surface area (Å²) in [5.74, 6) is 0.766. The maximum absolute atomic E-state index is 9.78. The second kappa shape index (κ2) is 6.36. The van der Waals surface area contributed by atoms with E-state index in [1.54, 1.807) is 23.7 Å². The van der Waals surface area contributed by atoms with Crippen molar-refractivity contribution < 1.29 is 5.11 Å². The van der Waals surface area contributed by atoms with Crippen molar-refractivity contribution in [3.63, 3.8) is 0 Å². The van der Waals surface area contributed by atoms with Crippen LogP contribution in [0.15, 0.2) is 28.7 Å². The first-order chi connectivity index (χ1) is 9.54. The van der Waals surface area contributed by atoms with Crippen LogP contribution in [0.4, 0.5) is 10.9 Å². The molecular weight excluding hydrogens is 274 g/mol. The van der Waals surface area contributed by atoms with Crippen molar-refractivity contribution in [1.29, 1.82) is 0 Å². The molecule has 0 amide bonds. The first-order valence-corrected chi connectivity index (χ1v) is 6.89. The van der Waals surface area contributed by atoms with Gasteiger partial charge in [-0.1, -0.05) is 0 Å². The summed E-state index contributed by atoms with van der Waals surface area (Å²) in [6.45, 7) is 0.671. The van der Waals surface area contributed by atoms with Gasteiger partial charge >= 0.3 is 0 Å². The number of phenolic OH excluding ortho intramolecular Hbond substituents is 1. The Morgan fingerprint density at radius 2 is 2.30 bits per heavy atom. The maximum Gasteiger partial charge on any atom is 0.205 e. The van der Waals surface area contributed by atoms with Crippen molar-refractivity contribution in [2.45, 2.75) is 6.54 Å². The zero-order valence-corrected chi connectivity index (χ0v) is 12.2. The predicted molar refractivity (Wildman–Crippen MR) is 83.2 cm³/mol. The van der Waals surface area contributed by atoms with E-state index in [0.717, 1.165) is 11.1 Å². The Morgan fingerprint density at radius 1 is 1.50 bits per heavy atom. The number of hydrazone groups is 1. The van der Waals surface area contributed by atoms with Crippen molar-refractivity contribution in [2.24, 2.45) is 5.10 Å². The fourth-order valence-electron chi connectivity index (χ4n) is 1.65. The van der Waals surface area contributed by atoms with E-state index in [-0.39, 0.29) is 5.75 Å². The highest BCUT2D eigenvalue weighted by Crippen LogP contribution is 2.19. The van der Waals surface area contributed by atoms with Gasteiger partial charge in [0.1, 0.15) is 11.6 Å². The Morgan fingerprint density at radius 3 is 2.95 bits per heavy atom. The Bertz CT molecular complexity index is 609. The third-order valence-corrected chi connectivity index (χ3v) is 3.25. The molecule has 0 bridgehead atoms. The highest BCUT2D eigenvalue weighted by Gasteiger charge is 2.03. The number of aromatic nitrogens is 1. The van der Waals surface area contributed by atoms with Crippen LogP contribution in [-0.4, -0.2) is 35.3 Å². The number of nitrogen functional groups attached to an aromatic ring is 1. The Hall–Kier alpha value is -2.12. The second-order valence-corrected chi connectivity index (χ2v) is 5.43. The van der Waals surface area contributed by atoms with E-state index in [0.29, 0.717) is 17.5 Å². The molecule has 0 aliphatic rings. The van der Waals surface area contributed by atoms with Crippen LogP contribution in [0.1, 0.15) is 11.1 Å². The first kappa shape index (κ1) is 14.3. The third kappa shape index (κ3) is 3.94. The largest absolute Gasteiger partial charge is 0.508 e. The minimum Gasteiger partial charge on any atom is -0.508 e. The number of aromatic hydroxyl groups is 1. The fourth-order valence-corrected chi connectivity index (χ4v) is 2.20. The molecule has 0 saturated heterocycles. The number of thiazole rings is 1. The molecule has 2 rings (SSSR count). The molecule has 1 aromatic heterocycles. The van der Waals surface area contributed by atoms with Gasteiger partial charge in [-0.15, -0.1) is 11.3 Å². The number of hydrogen-bond acceptors (Lipinski definition) is 7. The van der Waals surface area contributed by atoms with Crippen LogP contribution < -0.4 is 11.2 Å². The van der Waals surface area contributed by atoms with E-state index in [1.165, 1.54) is 11.3 Å². The lowest BCUT2D eigenvalue weighted by Crippen LogP contribution is -2.11. The van der Waals surface area contributed by atoms with E-state index in [1.807, 2.05) is 25.1 Å². The summed E-state index contributed by atoms with van der Waals surface area (Å²) in [5, 5.41) is 16.3. The second-order valence-electron chi connectivity index (χ2n) is 4.57. The van der Waals surface area contributed by atoms with Crippen molar-refractivity contribution in [3.05, 3.63) is 34.7 Å². The first-order valence-electron chi connectivity index (χ1n) is 6.01. The summed E-state index contributed by atoms with van der Waals surface area (Å²) in [4.78, 5) is 6.03. The molecule has 0 atom stereocenters. The van der Waals surface area contributed by atoms with Crippen LogP contribution >= 0.6 is 11.3 Å². The summed E-state index contributed by atoms with van der Waals surface area (Å²) in [5.41, 5.74) is 10.1. The van der Waals surface area contributed by atoms with Gasteiger partial charge in [-0.05, 0) is 37.9 Å². The molecule has 0 aliphatic carbocycles. The van der Waals surface area contributed by atoms with Crippen LogP contribution in [0, 0.1) is 0 Å². The van der Waals surface area contributed by atoms with Crippen LogP contribution in [-0.2, 0) is 6.54 Å². The van der Waals surface area contributed by atoms with Gasteiger partial charge in [0.25, 0.3) is 0 Å². The molecule has 2 aromatic rings. The van der Waals surface area contributed by atoms with Crippen molar-refractivity contribution in [3.8, 4) is 5.75 Å². The minimum atomic E-state index is 0.288. The molecule has 0 unspecified atom stereocenters. The number of nitrogens with two attached hydrogens (primary N) is 1. The van der Waals surface area contributed by atoms with Crippen molar-refractivity contribution >= 4 is 28.5 Å². The van der Waals surface area contributed by atoms with Gasteiger partial charge in [-0.25, -0.2) is 4.98 Å². The Kier molecular flexibility index (Phi) is 4.54. The lowest BCUT2D eigenvalue weighted by Gasteiger charge is -2.11. The van der Waals surface area contributed by atoms with Gasteiger partial charge < -0.3 is 15.7 Å². The lowest BCUT2D eigenvalue weighted by atomic mass is 10.1. The molecule has 1 heterocycles. The van der Waals surface area contributed by atoms with Crippen LogP contribution in [0.3, 0.4) is 0 Å². The van der Waals surface area contributed by atoms with E-state index < -0.39 is 0 Å². The van der Waals surface area contributed by atoms with Crippen molar-refractivity contribution in [1.82, 2.24) is 9.88 Å². The number of hydrogen-bond donors (Lipinski definition) is 3. The standard InChI is InChI=1S/C13H17N5OS/c1-18(2)7-10-5-9(3-4-11(10)19)6-15-17-13-16-12(14)8-20-13/h3-6,8,19H,7,14H2,1-2H3,(H,16,17). The molecular formula is C13H17N5OS. The number of nitrogens with zero attached hydrogens (tertiary/aromatic N) is 3. The van der Waals surface area contributed by atoms with E-state index >= 15 is 0 Å². The predicted octanol–water partition coefficient (Wildman–Crippen LogP) is 1.94. The number of nitrogens with one attached hydrogen (secondary N) is 1. The highest BCUT2D eigenvalue weighted by molar-refractivity contribution is 7.14. The van der Waals surface area contributed by atoms with Gasteiger partial charge in [-0.3, -0.25) is 5.43 Å². The minimum absolute atomic E-state index is 0.288. The molecule has 6 nitrogen and oxygen atoms in total. The number of phenols is 1. The summed E-state index contributed by atoms with van der Waals surface area (Å²) < 4.78 is 0. The van der Waals surface area contributed by atoms with Gasteiger partial charge in [0.2, 0.25) is 5.13 Å². The molecule has 4 N–H and O–H groups in total. The van der Waals surface area contributed by atoms with E-state index in [9.17, 15) is 5.11 Å². The molecule has 0 saturated carbocycles. The molecule has 7 heteroatoms. The van der Waals surface area contributed by atoms with Gasteiger partial charge in [0.05, 0.1) is 6.21 Å². The highest BCUT2D eigenvalue weighted by atomic mass is 32.1. The topological polar surface area (TPSA) is 86.8 Å². The summed E-state index contributed by atoms with van der Waals surface area (Å²) in [6.07, 6.45) is 1.68. The zero-order valence-electron chi connectivity index (χ0n) is 11.4. The fraction of sp³-hybridized carbons (Fsp3) is 0.231. The van der Waals surface area contributed by atoms with Crippen LogP contribution in [0.25, 0.3) is 0 Å². The summed E-state index contributed by atoms with van der Waals surface area (Å²) >= 11 is 1.39. The lowest BCUT2D eigenvalue weighted by molar-refractivity contribution is 0.386. The SMILES string of the molecule is CN(C)Cc1cc(C=NNc2nc(N)cs2)ccc1O. The average Bonchev–Trinajstić information content (AvgIpc) is 2.78. The van der Waals surface area contributed by atoms with Crippen LogP contribution in [0.5, 0.6) is 5.75 Å². The number of anilines is 2. The van der Waals surface area contributed by atoms with Crippen molar-refractivity contribution in [2.75, 3.05) is 25.3 Å². The van der Waals surface area contributed by atoms with E-state index in [2.05, 4.69) is 15.5 Å². The smallest absolute Gasteiger partial charge is 0.205 e. The monoisotopic (exact) mass is 291 g/mol. The summed E-state index contributed by atoms with van der Waals surface area (Å²) in [6, 6.07) is 5.37. The molecule has 106 valence electrons. The molecule has 20 heavy (non-hydrogen) atoms. The summed E-state index contributed by atoms with van der Waals surface area (Å²) in [7, 11) is 3.91. The van der Waals surface area contributed by atoms with Gasteiger partial charge in [0.15, 0.2) is 0 Å². The number of rotatable bonds is 5. The average molecular weight is 291 g/mol. The molecule has 0 radical (unpaired) electrons. The van der Waals surface area contributed by atoms with Crippen LogP contribution in [0.2, 0.25) is 0 Å². The molecule has 0 fully saturated rings. The molecule has 0 aliphatic heterocycles. The zero-order chi connectivity index (χ0) is 14.5. The normalized spacial score (nSPS) is 11.3. The maximum atomic E-state index is 9.78. The number of benzene rings is 1. The molecule has 1 aromatic carbocycles. The quantitative estimate of drug-likeness (QED) is 0.579. The Labute approximate surface area is 121 Å². The van der Waals surface area contributed by atoms with Gasteiger partial charge in [0, 0.05) is 17.5 Å². The van der Waals surface area contributed by atoms with Gasteiger partial charge in [-0.2, -0.15) is 5.10 Å². The van der Waals surface area contributed by atoms with E-state index in [4.69, 9.17) is 5.73 Å². The third-order valence-electron chi connectivity index (χ3n) is 2.49. The Balaban J connectivity index is 2.05. The molecule has 0 spiro atoms.